The minimum absolute atomic E-state index is 0.505. The number of rotatable bonds is 2. The number of nitrogens with one attached hydrogen (secondary N) is 1. The van der Waals surface area contributed by atoms with Gasteiger partial charge in [-0.15, -0.1) is 0 Å². The first kappa shape index (κ1) is 11.3. The van der Waals surface area contributed by atoms with Crippen LogP contribution in [-0.4, -0.2) is 61.0 Å². The summed E-state index contributed by atoms with van der Waals surface area (Å²) < 4.78 is 5.28. The molecule has 0 spiro atoms. The van der Waals surface area contributed by atoms with Gasteiger partial charge in [0, 0.05) is 58.3 Å². The van der Waals surface area contributed by atoms with Gasteiger partial charge >= 0.3 is 0 Å². The third-order valence-electron chi connectivity index (χ3n) is 3.39. The monoisotopic (exact) mass is 214 g/mol. The smallest absolute Gasteiger partial charge is 0.0817 e. The summed E-state index contributed by atoms with van der Waals surface area (Å²) in [6, 6.07) is 0.544. The van der Waals surface area contributed by atoms with Gasteiger partial charge in [-0.3, -0.25) is 4.90 Å². The fraction of sp³-hybridized carbons (Fsp3) is 1.00. The van der Waals surface area contributed by atoms with Crippen molar-refractivity contribution in [3.63, 3.8) is 0 Å². The fourth-order valence-corrected chi connectivity index (χ4v) is 2.48. The molecule has 2 rings (SSSR count). The molecule has 1 atom stereocenters. The molecule has 0 bridgehead atoms. The van der Waals surface area contributed by atoms with Crippen LogP contribution in [0.4, 0.5) is 0 Å². The van der Waals surface area contributed by atoms with Gasteiger partial charge in [-0.2, -0.15) is 0 Å². The summed E-state index contributed by atoms with van der Waals surface area (Å²) in [6.45, 7) is 7.54. The molecule has 1 unspecified atom stereocenters. The molecule has 2 fully saturated rings. The summed E-state index contributed by atoms with van der Waals surface area (Å²) in [6.07, 6.45) is 1.57. The van der Waals surface area contributed by atoms with Gasteiger partial charge in [0.25, 0.3) is 0 Å². The van der Waals surface area contributed by atoms with Gasteiger partial charge in [0.1, 0.15) is 0 Å². The van der Waals surface area contributed by atoms with Crippen LogP contribution in [0.1, 0.15) is 19.8 Å². The molecule has 0 aliphatic carbocycles. The van der Waals surface area contributed by atoms with E-state index in [2.05, 4.69) is 17.1 Å². The Bertz CT molecular complexity index is 205. The van der Waals surface area contributed by atoms with Crippen molar-refractivity contribution in [2.24, 2.45) is 0 Å². The second-order valence-electron chi connectivity index (χ2n) is 4.93. The summed E-state index contributed by atoms with van der Waals surface area (Å²) in [7, 11) is 0. The Morgan fingerprint density at radius 3 is 2.87 bits per heavy atom. The maximum Gasteiger partial charge on any atom is 0.0817 e. The molecule has 2 aliphatic heterocycles. The number of piperazine rings is 1. The van der Waals surface area contributed by atoms with Crippen molar-refractivity contribution in [1.29, 1.82) is 0 Å². The molecule has 2 saturated heterocycles. The van der Waals surface area contributed by atoms with Gasteiger partial charge in [0.05, 0.1) is 5.60 Å². The van der Waals surface area contributed by atoms with Crippen LogP contribution in [0, 0.1) is 0 Å². The van der Waals surface area contributed by atoms with Crippen molar-refractivity contribution in [3.05, 3.63) is 0 Å². The molecule has 2 N–H and O–H groups in total. The van der Waals surface area contributed by atoms with E-state index in [0.29, 0.717) is 19.3 Å². The van der Waals surface area contributed by atoms with E-state index in [1.807, 2.05) is 0 Å². The summed E-state index contributed by atoms with van der Waals surface area (Å²) in [4.78, 5) is 2.37. The van der Waals surface area contributed by atoms with E-state index >= 15 is 0 Å². The quantitative estimate of drug-likeness (QED) is 0.669. The highest BCUT2D eigenvalue weighted by atomic mass is 16.5. The highest BCUT2D eigenvalue weighted by Crippen LogP contribution is 2.22. The molecule has 2 heterocycles. The van der Waals surface area contributed by atoms with Crippen molar-refractivity contribution < 1.29 is 9.84 Å². The minimum atomic E-state index is -0.505. The zero-order valence-corrected chi connectivity index (χ0v) is 9.54. The van der Waals surface area contributed by atoms with Gasteiger partial charge in [0.15, 0.2) is 0 Å². The average Bonchev–Trinajstić information content (AvgIpc) is 2.18. The minimum Gasteiger partial charge on any atom is -0.388 e. The van der Waals surface area contributed by atoms with Crippen LogP contribution in [0.15, 0.2) is 0 Å². The zero-order chi connectivity index (χ0) is 10.7. The summed E-state index contributed by atoms with van der Waals surface area (Å²) >= 11 is 0. The molecule has 0 aromatic heterocycles. The number of hydrogen-bond acceptors (Lipinski definition) is 4. The van der Waals surface area contributed by atoms with Crippen molar-refractivity contribution in [2.75, 3.05) is 39.4 Å². The van der Waals surface area contributed by atoms with Gasteiger partial charge < -0.3 is 15.2 Å². The number of aliphatic hydroxyl groups is 1. The Balaban J connectivity index is 1.83. The molecule has 0 aromatic carbocycles. The Morgan fingerprint density at radius 2 is 2.20 bits per heavy atom. The Labute approximate surface area is 91.6 Å². The largest absolute Gasteiger partial charge is 0.388 e. The number of nitrogens with zero attached hydrogens (tertiary/aromatic N) is 1. The maximum atomic E-state index is 10.4. The normalized spacial score (nSPS) is 32.8. The molecular formula is C11H22N2O2. The van der Waals surface area contributed by atoms with Crippen LogP contribution < -0.4 is 5.32 Å². The lowest BCUT2D eigenvalue weighted by Gasteiger charge is -2.40. The van der Waals surface area contributed by atoms with E-state index in [-0.39, 0.29) is 0 Å². The van der Waals surface area contributed by atoms with Gasteiger partial charge in [0.2, 0.25) is 0 Å². The van der Waals surface area contributed by atoms with E-state index in [0.717, 1.165) is 39.0 Å². The number of β-amino-alcohol motifs (C(OH)–C–C–N with tert-alkyl or cyclic N) is 1. The lowest BCUT2D eigenvalue weighted by Crippen LogP contribution is -2.55. The van der Waals surface area contributed by atoms with Crippen LogP contribution in [0.5, 0.6) is 0 Å². The van der Waals surface area contributed by atoms with Crippen LogP contribution in [0.2, 0.25) is 0 Å². The lowest BCUT2D eigenvalue weighted by molar-refractivity contribution is -0.0821. The first-order valence-corrected chi connectivity index (χ1v) is 5.94. The Hall–Kier alpha value is -0.160. The van der Waals surface area contributed by atoms with Crippen molar-refractivity contribution >= 4 is 0 Å². The molecule has 15 heavy (non-hydrogen) atoms. The van der Waals surface area contributed by atoms with Crippen LogP contribution in [-0.2, 0) is 4.74 Å². The maximum absolute atomic E-state index is 10.4. The van der Waals surface area contributed by atoms with Gasteiger partial charge in [-0.1, -0.05) is 0 Å². The third kappa shape index (κ3) is 3.14. The van der Waals surface area contributed by atoms with E-state index in [1.165, 1.54) is 0 Å². The van der Waals surface area contributed by atoms with E-state index in [9.17, 15) is 5.11 Å². The molecule has 4 nitrogen and oxygen atoms in total. The summed E-state index contributed by atoms with van der Waals surface area (Å²) in [5, 5.41) is 13.8. The SMILES string of the molecule is CC1CN(CC2(O)CCOCC2)CCN1. The second kappa shape index (κ2) is 4.78. The third-order valence-corrected chi connectivity index (χ3v) is 3.39. The molecule has 0 radical (unpaired) electrons. The van der Waals surface area contributed by atoms with Crippen molar-refractivity contribution in [1.82, 2.24) is 10.2 Å². The molecule has 0 amide bonds. The summed E-state index contributed by atoms with van der Waals surface area (Å²) in [5.41, 5.74) is -0.505. The van der Waals surface area contributed by atoms with Crippen molar-refractivity contribution in [2.45, 2.75) is 31.4 Å². The van der Waals surface area contributed by atoms with E-state index in [4.69, 9.17) is 4.74 Å². The fourth-order valence-electron chi connectivity index (χ4n) is 2.48. The van der Waals surface area contributed by atoms with Gasteiger partial charge in [-0.25, -0.2) is 0 Å². The zero-order valence-electron chi connectivity index (χ0n) is 9.54. The highest BCUT2D eigenvalue weighted by molar-refractivity contribution is 4.87. The number of hydrogen-bond donors (Lipinski definition) is 2. The molecule has 88 valence electrons. The van der Waals surface area contributed by atoms with Crippen LogP contribution >= 0.6 is 0 Å². The van der Waals surface area contributed by atoms with Crippen LogP contribution in [0.25, 0.3) is 0 Å². The predicted molar refractivity (Wildman–Crippen MR) is 58.9 cm³/mol. The first-order chi connectivity index (χ1) is 7.18. The standard InChI is InChI=1S/C11H22N2O2/c1-10-8-13(5-4-12-10)9-11(14)2-6-15-7-3-11/h10,12,14H,2-9H2,1H3. The average molecular weight is 214 g/mol. The lowest BCUT2D eigenvalue weighted by atomic mass is 9.93. The topological polar surface area (TPSA) is 44.7 Å². The second-order valence-corrected chi connectivity index (χ2v) is 4.93. The Kier molecular flexibility index (Phi) is 3.61. The molecule has 0 aromatic rings. The Morgan fingerprint density at radius 1 is 1.47 bits per heavy atom. The first-order valence-electron chi connectivity index (χ1n) is 5.94. The van der Waals surface area contributed by atoms with E-state index < -0.39 is 5.60 Å². The molecule has 2 aliphatic rings. The van der Waals surface area contributed by atoms with Gasteiger partial charge in [-0.05, 0) is 6.92 Å². The predicted octanol–water partition coefficient (Wildman–Crippen LogP) is -0.178. The molecule has 4 heteroatoms. The number of ether oxygens (including phenoxy) is 1. The molecular weight excluding hydrogens is 192 g/mol. The molecule has 0 saturated carbocycles. The summed E-state index contributed by atoms with van der Waals surface area (Å²) in [5.74, 6) is 0. The van der Waals surface area contributed by atoms with E-state index in [1.54, 1.807) is 0 Å². The van der Waals surface area contributed by atoms with Crippen molar-refractivity contribution in [3.8, 4) is 0 Å². The highest BCUT2D eigenvalue weighted by Gasteiger charge is 2.32. The van der Waals surface area contributed by atoms with Crippen LogP contribution in [0.3, 0.4) is 0 Å².